The van der Waals surface area contributed by atoms with Gasteiger partial charge in [0, 0.05) is 44.5 Å². The number of hydrogen-bond acceptors (Lipinski definition) is 10. The monoisotopic (exact) mass is 503 g/mol. The fraction of sp³-hybridized carbons (Fsp3) is 0.400. The minimum atomic E-state index is -0.331. The molecule has 0 radical (unpaired) electrons. The Morgan fingerprint density at radius 3 is 2.81 bits per heavy atom. The Morgan fingerprint density at radius 1 is 1.22 bits per heavy atom. The number of aromatic nitrogens is 5. The standard InChI is InChI=1S/C25H29N9O3/c1-32-9-4-7-25(32)14-34(15-25)22-17(11-19-21(30-22)31-24(37-19)26-8-10-35)23(36)29-20-6-3-5-18(28-20)16-12-27-33(2)13-16/h3,5-6,11-13,35H,4,7-10,14-15H2,1-2H3,(H,26,30,31)(H,28,29,36). The van der Waals surface area contributed by atoms with E-state index in [0.717, 1.165) is 31.6 Å². The maximum Gasteiger partial charge on any atom is 0.297 e. The lowest BCUT2D eigenvalue weighted by Crippen LogP contribution is -2.67. The highest BCUT2D eigenvalue weighted by Crippen LogP contribution is 2.40. The third-order valence-corrected chi connectivity index (χ3v) is 7.20. The van der Waals surface area contributed by atoms with Crippen molar-refractivity contribution in [2.45, 2.75) is 18.4 Å². The Kier molecular flexibility index (Phi) is 5.76. The van der Waals surface area contributed by atoms with Crippen molar-refractivity contribution in [2.75, 3.05) is 55.4 Å². The molecule has 2 aliphatic rings. The third kappa shape index (κ3) is 4.27. The molecule has 3 N–H and O–H groups in total. The molecular formula is C25H29N9O3. The molecule has 37 heavy (non-hydrogen) atoms. The molecule has 192 valence electrons. The molecule has 0 saturated carbocycles. The molecule has 0 aliphatic carbocycles. The summed E-state index contributed by atoms with van der Waals surface area (Å²) in [5.41, 5.74) is 2.88. The van der Waals surface area contributed by atoms with Gasteiger partial charge >= 0.3 is 0 Å². The van der Waals surface area contributed by atoms with E-state index in [-0.39, 0.29) is 24.1 Å². The van der Waals surface area contributed by atoms with Crippen LogP contribution in [-0.2, 0) is 7.05 Å². The molecule has 0 aromatic carbocycles. The van der Waals surface area contributed by atoms with Gasteiger partial charge in [-0.3, -0.25) is 14.4 Å². The van der Waals surface area contributed by atoms with Gasteiger partial charge < -0.3 is 25.1 Å². The van der Waals surface area contributed by atoms with Crippen molar-refractivity contribution in [3.8, 4) is 11.3 Å². The van der Waals surface area contributed by atoms with Crippen LogP contribution in [0, 0.1) is 0 Å². The molecule has 12 nitrogen and oxygen atoms in total. The minimum Gasteiger partial charge on any atom is -0.422 e. The van der Waals surface area contributed by atoms with E-state index in [1.54, 1.807) is 23.0 Å². The molecule has 2 saturated heterocycles. The van der Waals surface area contributed by atoms with Crippen LogP contribution in [0.4, 0.5) is 17.7 Å². The summed E-state index contributed by atoms with van der Waals surface area (Å²) in [6, 6.07) is 7.40. The molecular weight excluding hydrogens is 474 g/mol. The Labute approximate surface area is 213 Å². The van der Waals surface area contributed by atoms with E-state index in [1.807, 2.05) is 25.4 Å². The number of anilines is 3. The van der Waals surface area contributed by atoms with Crippen LogP contribution in [-0.4, -0.2) is 86.0 Å². The second-order valence-electron chi connectivity index (χ2n) is 9.72. The van der Waals surface area contributed by atoms with Crippen LogP contribution >= 0.6 is 0 Å². The topological polar surface area (TPSA) is 137 Å². The molecule has 6 heterocycles. The van der Waals surface area contributed by atoms with Gasteiger partial charge in [-0.15, -0.1) is 0 Å². The number of nitrogens with zero attached hydrogens (tertiary/aromatic N) is 7. The first-order chi connectivity index (χ1) is 17.9. The van der Waals surface area contributed by atoms with Crippen LogP contribution in [0.2, 0.25) is 0 Å². The van der Waals surface area contributed by atoms with Gasteiger partial charge in [-0.2, -0.15) is 10.1 Å². The maximum atomic E-state index is 13.6. The summed E-state index contributed by atoms with van der Waals surface area (Å²) in [5.74, 6) is 0.666. The number of aliphatic hydroxyl groups excluding tert-OH is 1. The quantitative estimate of drug-likeness (QED) is 0.343. The molecule has 0 bridgehead atoms. The van der Waals surface area contributed by atoms with Crippen molar-refractivity contribution in [1.29, 1.82) is 0 Å². The minimum absolute atomic E-state index is 0.0560. The third-order valence-electron chi connectivity index (χ3n) is 7.20. The average Bonchev–Trinajstić information content (AvgIpc) is 3.58. The Hall–Kier alpha value is -4.03. The zero-order chi connectivity index (χ0) is 25.6. The summed E-state index contributed by atoms with van der Waals surface area (Å²) in [4.78, 5) is 31.9. The highest BCUT2D eigenvalue weighted by molar-refractivity contribution is 6.09. The van der Waals surface area contributed by atoms with Crippen molar-refractivity contribution in [1.82, 2.24) is 29.6 Å². The second kappa shape index (κ2) is 9.12. The normalized spacial score (nSPS) is 16.9. The number of aliphatic hydroxyl groups is 1. The van der Waals surface area contributed by atoms with E-state index in [0.29, 0.717) is 40.7 Å². The summed E-state index contributed by atoms with van der Waals surface area (Å²) in [5, 5.41) is 19.2. The number of likely N-dealkylation sites (N-methyl/N-ethyl adjacent to an activating group) is 1. The van der Waals surface area contributed by atoms with Crippen molar-refractivity contribution in [3.05, 3.63) is 42.2 Å². The summed E-state index contributed by atoms with van der Waals surface area (Å²) in [6.07, 6.45) is 5.91. The fourth-order valence-electron chi connectivity index (χ4n) is 5.19. The number of pyridine rings is 2. The van der Waals surface area contributed by atoms with E-state index in [2.05, 4.69) is 42.5 Å². The second-order valence-corrected chi connectivity index (χ2v) is 9.72. The van der Waals surface area contributed by atoms with E-state index in [4.69, 9.17) is 14.5 Å². The first-order valence-corrected chi connectivity index (χ1v) is 12.3. The van der Waals surface area contributed by atoms with Crippen molar-refractivity contribution in [2.24, 2.45) is 7.05 Å². The van der Waals surface area contributed by atoms with Gasteiger partial charge in [-0.25, -0.2) is 9.97 Å². The van der Waals surface area contributed by atoms with Crippen LogP contribution < -0.4 is 15.5 Å². The number of carbonyl (C=O) groups excluding carboxylic acids is 1. The van der Waals surface area contributed by atoms with Crippen molar-refractivity contribution in [3.63, 3.8) is 0 Å². The van der Waals surface area contributed by atoms with E-state index >= 15 is 0 Å². The Bertz CT molecular complexity index is 1460. The number of likely N-dealkylation sites (tertiary alicyclic amines) is 1. The van der Waals surface area contributed by atoms with Crippen LogP contribution in [0.1, 0.15) is 23.2 Å². The number of amides is 1. The molecule has 1 spiro atoms. The van der Waals surface area contributed by atoms with Crippen molar-refractivity contribution >= 4 is 34.8 Å². The summed E-state index contributed by atoms with van der Waals surface area (Å²) < 4.78 is 7.47. The van der Waals surface area contributed by atoms with Gasteiger partial charge in [0.1, 0.15) is 11.6 Å². The molecule has 1 amide bonds. The molecule has 4 aromatic heterocycles. The predicted octanol–water partition coefficient (Wildman–Crippen LogP) is 1.96. The SMILES string of the molecule is CN1CCCC12CN(c1nc3nc(NCCO)oc3cc1C(=O)Nc1cccc(-c3cnn(C)c3)n1)C2. The van der Waals surface area contributed by atoms with Crippen molar-refractivity contribution < 1.29 is 14.3 Å². The van der Waals surface area contributed by atoms with E-state index in [1.165, 1.54) is 6.42 Å². The lowest BCUT2D eigenvalue weighted by Gasteiger charge is -2.52. The van der Waals surface area contributed by atoms with Gasteiger partial charge in [-0.05, 0) is 38.6 Å². The van der Waals surface area contributed by atoms with Gasteiger partial charge in [0.25, 0.3) is 11.9 Å². The number of oxazole rings is 1. The number of fused-ring (bicyclic) bond motifs is 1. The molecule has 0 unspecified atom stereocenters. The fourth-order valence-corrected chi connectivity index (χ4v) is 5.19. The lowest BCUT2D eigenvalue weighted by molar-refractivity contribution is 0.102. The van der Waals surface area contributed by atoms with Crippen LogP contribution in [0.15, 0.2) is 41.1 Å². The average molecular weight is 504 g/mol. The summed E-state index contributed by atoms with van der Waals surface area (Å²) in [7, 11) is 4.00. The largest absolute Gasteiger partial charge is 0.422 e. The predicted molar refractivity (Wildman–Crippen MR) is 139 cm³/mol. The zero-order valence-electron chi connectivity index (χ0n) is 20.8. The smallest absolute Gasteiger partial charge is 0.297 e. The maximum absolute atomic E-state index is 13.6. The van der Waals surface area contributed by atoms with Gasteiger partial charge in [0.15, 0.2) is 5.58 Å². The Morgan fingerprint density at radius 2 is 2.08 bits per heavy atom. The summed E-state index contributed by atoms with van der Waals surface area (Å²) >= 11 is 0. The van der Waals surface area contributed by atoms with E-state index in [9.17, 15) is 4.79 Å². The lowest BCUT2D eigenvalue weighted by atomic mass is 9.87. The van der Waals surface area contributed by atoms with Crippen LogP contribution in [0.3, 0.4) is 0 Å². The first kappa shape index (κ1) is 23.4. The molecule has 2 fully saturated rings. The van der Waals surface area contributed by atoms with Gasteiger partial charge in [-0.1, -0.05) is 6.07 Å². The molecule has 0 atom stereocenters. The number of rotatable bonds is 7. The first-order valence-electron chi connectivity index (χ1n) is 12.3. The number of nitrogens with one attached hydrogen (secondary N) is 2. The number of carbonyl (C=O) groups is 1. The molecule has 12 heteroatoms. The van der Waals surface area contributed by atoms with Gasteiger partial charge in [0.05, 0.1) is 29.6 Å². The highest BCUT2D eigenvalue weighted by atomic mass is 16.4. The molecule has 4 aromatic rings. The van der Waals surface area contributed by atoms with Gasteiger partial charge in [0.2, 0.25) is 5.65 Å². The highest BCUT2D eigenvalue weighted by Gasteiger charge is 2.49. The van der Waals surface area contributed by atoms with Crippen LogP contribution in [0.5, 0.6) is 0 Å². The Balaban J connectivity index is 1.32. The zero-order valence-corrected chi connectivity index (χ0v) is 20.8. The molecule has 2 aliphatic heterocycles. The number of aryl methyl sites for hydroxylation is 1. The summed E-state index contributed by atoms with van der Waals surface area (Å²) in [6.45, 7) is 2.91. The number of hydrogen-bond donors (Lipinski definition) is 3. The molecule has 6 rings (SSSR count). The van der Waals surface area contributed by atoms with E-state index < -0.39 is 0 Å². The van der Waals surface area contributed by atoms with Crippen LogP contribution in [0.25, 0.3) is 22.5 Å².